The number of hydrogen-bond acceptors (Lipinski definition) is 7. The van der Waals surface area contributed by atoms with Gasteiger partial charge in [0, 0.05) is 36.7 Å². The van der Waals surface area contributed by atoms with E-state index in [2.05, 4.69) is 16.6 Å². The Bertz CT molecular complexity index is 1040. The number of rotatable bonds is 8. The number of nitrogens with one attached hydrogen (secondary N) is 1. The van der Waals surface area contributed by atoms with Crippen LogP contribution < -0.4 is 11.1 Å². The fourth-order valence-corrected chi connectivity index (χ4v) is 4.65. The van der Waals surface area contributed by atoms with Crippen LogP contribution in [0.25, 0.3) is 5.57 Å². The average Bonchev–Trinajstić information content (AvgIpc) is 3.09. The van der Waals surface area contributed by atoms with Crippen molar-refractivity contribution in [2.75, 3.05) is 19.6 Å². The third-order valence-electron chi connectivity index (χ3n) is 6.29. The Morgan fingerprint density at radius 2 is 2.12 bits per heavy atom. The van der Waals surface area contributed by atoms with E-state index in [0.717, 1.165) is 35.1 Å². The first-order valence-corrected chi connectivity index (χ1v) is 11.5. The van der Waals surface area contributed by atoms with Gasteiger partial charge in [0.15, 0.2) is 0 Å². The van der Waals surface area contributed by atoms with Gasteiger partial charge in [-0.15, -0.1) is 0 Å². The van der Waals surface area contributed by atoms with Crippen LogP contribution in [0.2, 0.25) is 0 Å². The van der Waals surface area contributed by atoms with Gasteiger partial charge in [0.05, 0.1) is 18.3 Å². The summed E-state index contributed by atoms with van der Waals surface area (Å²) in [5.74, 6) is -0.297. The van der Waals surface area contributed by atoms with E-state index in [1.54, 1.807) is 4.90 Å². The Balaban J connectivity index is 1.57. The first-order chi connectivity index (χ1) is 16.0. The Kier molecular flexibility index (Phi) is 7.15. The molecule has 0 saturated heterocycles. The number of ether oxygens (including phenoxy) is 1. The smallest absolute Gasteiger partial charge is 0.338 e. The molecule has 1 aliphatic carbocycles. The summed E-state index contributed by atoms with van der Waals surface area (Å²) in [6.07, 6.45) is 8.30. The number of nitrogens with two attached hydrogens (primary N) is 1. The molecule has 0 radical (unpaired) electrons. The van der Waals surface area contributed by atoms with Gasteiger partial charge in [-0.1, -0.05) is 30.3 Å². The Hall–Kier alpha value is -3.10. The summed E-state index contributed by atoms with van der Waals surface area (Å²) in [5, 5.41) is 6.36. The van der Waals surface area contributed by atoms with Gasteiger partial charge < -0.3 is 15.4 Å². The number of cyclic esters (lactones) is 1. The van der Waals surface area contributed by atoms with E-state index >= 15 is 0 Å². The standard InChI is InChI=1S/C25H30N4O4/c1-2-9-29(10-3-8-27-32)24(30)19-12-18-5-4-17(13-22(18)28-23(26)14-19)16-6-7-21-20(11-16)15-33-25(21)31/h4-7,11-12,22-23,28H,2-3,8-10,13-15,26H2,1H3. The van der Waals surface area contributed by atoms with E-state index in [1.807, 2.05) is 37.3 Å². The first kappa shape index (κ1) is 23.1. The molecule has 174 valence electrons. The van der Waals surface area contributed by atoms with Crippen molar-refractivity contribution in [1.82, 2.24) is 10.2 Å². The maximum Gasteiger partial charge on any atom is 0.338 e. The van der Waals surface area contributed by atoms with Crippen molar-refractivity contribution in [3.63, 3.8) is 0 Å². The van der Waals surface area contributed by atoms with Crippen LogP contribution in [0.5, 0.6) is 0 Å². The Morgan fingerprint density at radius 1 is 1.27 bits per heavy atom. The molecule has 1 aromatic carbocycles. The topological polar surface area (TPSA) is 114 Å². The molecule has 4 rings (SSSR count). The second-order valence-corrected chi connectivity index (χ2v) is 8.71. The van der Waals surface area contributed by atoms with Gasteiger partial charge in [-0.05, 0) is 54.2 Å². The highest BCUT2D eigenvalue weighted by atomic mass is 16.5. The summed E-state index contributed by atoms with van der Waals surface area (Å²) in [5.41, 5.74) is 11.8. The number of benzene rings is 1. The highest BCUT2D eigenvalue weighted by molar-refractivity contribution is 5.95. The summed E-state index contributed by atoms with van der Waals surface area (Å²) >= 11 is 0. The van der Waals surface area contributed by atoms with Crippen molar-refractivity contribution < 1.29 is 14.3 Å². The average molecular weight is 451 g/mol. The number of carbonyl (C=O) groups excluding carboxylic acids is 2. The van der Waals surface area contributed by atoms with Crippen LogP contribution in [-0.4, -0.2) is 48.6 Å². The first-order valence-electron chi connectivity index (χ1n) is 11.5. The highest BCUT2D eigenvalue weighted by Gasteiger charge is 2.29. The number of hydrogen-bond donors (Lipinski definition) is 2. The van der Waals surface area contributed by atoms with E-state index in [0.29, 0.717) is 43.7 Å². The van der Waals surface area contributed by atoms with Crippen LogP contribution in [0.3, 0.4) is 0 Å². The molecular weight excluding hydrogens is 420 g/mol. The van der Waals surface area contributed by atoms with E-state index < -0.39 is 0 Å². The molecule has 2 unspecified atom stereocenters. The van der Waals surface area contributed by atoms with Gasteiger partial charge in [-0.3, -0.25) is 10.1 Å². The van der Waals surface area contributed by atoms with Crippen LogP contribution >= 0.6 is 0 Å². The lowest BCUT2D eigenvalue weighted by molar-refractivity contribution is -0.127. The molecule has 1 amide bonds. The normalized spacial score (nSPS) is 21.6. The molecular formula is C25H30N4O4. The maximum atomic E-state index is 13.3. The minimum atomic E-state index is -0.346. The minimum Gasteiger partial charge on any atom is -0.457 e. The molecule has 0 bridgehead atoms. The van der Waals surface area contributed by atoms with Gasteiger partial charge in [0.2, 0.25) is 5.91 Å². The van der Waals surface area contributed by atoms with Crippen molar-refractivity contribution >= 4 is 17.4 Å². The summed E-state index contributed by atoms with van der Waals surface area (Å²) < 4.78 is 5.12. The molecule has 0 saturated carbocycles. The summed E-state index contributed by atoms with van der Waals surface area (Å²) in [7, 11) is 0. The number of nitroso groups, excluding NO2 is 1. The van der Waals surface area contributed by atoms with Crippen molar-refractivity contribution in [1.29, 1.82) is 0 Å². The minimum absolute atomic E-state index is 0.00433. The van der Waals surface area contributed by atoms with Crippen LogP contribution in [0.4, 0.5) is 0 Å². The third-order valence-corrected chi connectivity index (χ3v) is 6.29. The van der Waals surface area contributed by atoms with Crippen LogP contribution in [0.15, 0.2) is 52.8 Å². The number of fused-ring (bicyclic) bond motifs is 2. The van der Waals surface area contributed by atoms with Gasteiger partial charge in [0.25, 0.3) is 0 Å². The molecule has 33 heavy (non-hydrogen) atoms. The number of esters is 1. The molecule has 1 aromatic rings. The largest absolute Gasteiger partial charge is 0.457 e. The zero-order chi connectivity index (χ0) is 23.4. The highest BCUT2D eigenvalue weighted by Crippen LogP contribution is 2.33. The van der Waals surface area contributed by atoms with Crippen LogP contribution in [0.1, 0.15) is 54.1 Å². The fraction of sp³-hybridized carbons (Fsp3) is 0.440. The fourth-order valence-electron chi connectivity index (χ4n) is 4.65. The molecule has 0 fully saturated rings. The van der Waals surface area contributed by atoms with E-state index in [9.17, 15) is 14.5 Å². The SMILES string of the molecule is CCCN(CCCN=O)C(=O)C1=CC2=CC=C(c3ccc4c(c3)COC4=O)CC2NC(N)C1. The number of nitrogens with zero attached hydrogens (tertiary/aromatic N) is 2. The summed E-state index contributed by atoms with van der Waals surface area (Å²) in [6, 6.07) is 5.79. The second kappa shape index (κ2) is 10.2. The van der Waals surface area contributed by atoms with E-state index in [1.165, 1.54) is 0 Å². The lowest BCUT2D eigenvalue weighted by atomic mass is 9.88. The molecule has 8 heteroatoms. The Labute approximate surface area is 193 Å². The molecule has 2 heterocycles. The molecule has 3 N–H and O–H groups in total. The van der Waals surface area contributed by atoms with Crippen molar-refractivity contribution in [3.8, 4) is 0 Å². The zero-order valence-corrected chi connectivity index (χ0v) is 18.9. The monoisotopic (exact) mass is 450 g/mol. The quantitative estimate of drug-likeness (QED) is 0.357. The number of carbonyl (C=O) groups is 2. The molecule has 8 nitrogen and oxygen atoms in total. The van der Waals surface area contributed by atoms with E-state index in [4.69, 9.17) is 10.5 Å². The maximum absolute atomic E-state index is 13.3. The second-order valence-electron chi connectivity index (χ2n) is 8.71. The third kappa shape index (κ3) is 5.12. The van der Waals surface area contributed by atoms with Crippen LogP contribution in [-0.2, 0) is 16.1 Å². The lowest BCUT2D eigenvalue weighted by Gasteiger charge is -2.26. The van der Waals surface area contributed by atoms with Gasteiger partial charge in [-0.2, -0.15) is 4.91 Å². The van der Waals surface area contributed by atoms with Crippen molar-refractivity contribution in [2.24, 2.45) is 10.9 Å². The summed E-state index contributed by atoms with van der Waals surface area (Å²) in [6.45, 7) is 3.69. The molecule has 3 aliphatic rings. The molecule has 2 aliphatic heterocycles. The van der Waals surface area contributed by atoms with Gasteiger partial charge in [0.1, 0.15) is 6.61 Å². The molecule has 0 spiro atoms. The number of amides is 1. The van der Waals surface area contributed by atoms with Gasteiger partial charge in [-0.25, -0.2) is 4.79 Å². The number of allylic oxidation sites excluding steroid dienone is 2. The zero-order valence-electron chi connectivity index (χ0n) is 18.9. The van der Waals surface area contributed by atoms with Crippen LogP contribution in [0, 0.1) is 4.91 Å². The van der Waals surface area contributed by atoms with Crippen molar-refractivity contribution in [3.05, 3.63) is 69.2 Å². The molecule has 2 atom stereocenters. The Morgan fingerprint density at radius 3 is 2.91 bits per heavy atom. The predicted octanol–water partition coefficient (Wildman–Crippen LogP) is 3.04. The van der Waals surface area contributed by atoms with Crippen molar-refractivity contribution in [2.45, 2.75) is 51.4 Å². The molecule has 0 aromatic heterocycles. The van der Waals surface area contributed by atoms with E-state index in [-0.39, 0.29) is 30.6 Å². The van der Waals surface area contributed by atoms with Gasteiger partial charge >= 0.3 is 5.97 Å². The predicted molar refractivity (Wildman–Crippen MR) is 126 cm³/mol. The summed E-state index contributed by atoms with van der Waals surface area (Å²) in [4.78, 5) is 37.2. The lowest BCUT2D eigenvalue weighted by Crippen LogP contribution is -2.45.